The van der Waals surface area contributed by atoms with Gasteiger partial charge >= 0.3 is 0 Å². The molecule has 6 heterocycles. The average Bonchev–Trinajstić information content (AvgIpc) is 3.99. The van der Waals surface area contributed by atoms with Crippen molar-refractivity contribution in [2.75, 3.05) is 90.7 Å². The molecule has 0 radical (unpaired) electrons. The number of hydrogen-bond acceptors (Lipinski definition) is 16. The van der Waals surface area contributed by atoms with E-state index in [1.165, 1.54) is 0 Å². The van der Waals surface area contributed by atoms with Gasteiger partial charge in [0.05, 0.1) is 29.5 Å². The summed E-state index contributed by atoms with van der Waals surface area (Å²) in [6.45, 7) is 11.6. The average molecular weight is 961 g/mol. The van der Waals surface area contributed by atoms with E-state index in [1.54, 1.807) is 14.1 Å². The summed E-state index contributed by atoms with van der Waals surface area (Å²) in [5.41, 5.74) is 5.25. The molecule has 2 aliphatic heterocycles. The van der Waals surface area contributed by atoms with Gasteiger partial charge in [-0.15, -0.1) is 0 Å². The molecule has 4 N–H and O–H groups in total. The fraction of sp³-hybridized carbons (Fsp3) is 0.500. The summed E-state index contributed by atoms with van der Waals surface area (Å²) in [5, 5.41) is 30.4. The van der Waals surface area contributed by atoms with E-state index in [-0.39, 0.29) is 13.2 Å². The van der Waals surface area contributed by atoms with Gasteiger partial charge in [-0.3, -0.25) is 4.68 Å². The van der Waals surface area contributed by atoms with Crippen LogP contribution in [0.2, 0.25) is 0 Å². The van der Waals surface area contributed by atoms with Crippen LogP contribution in [0, 0.1) is 12.8 Å². The molecule has 6 aromatic rings. The summed E-state index contributed by atoms with van der Waals surface area (Å²) in [5.74, 6) is 5.73. The summed E-state index contributed by atoms with van der Waals surface area (Å²) in [4.78, 5) is 28.6. The van der Waals surface area contributed by atoms with Crippen molar-refractivity contribution in [1.29, 1.82) is 0 Å². The Labute approximate surface area is 412 Å². The molecule has 376 valence electrons. The number of rotatable bonds is 20. The standard InChI is InChI=1S/C27H38N6O3.C25H34N6O3/c1-19(2)16-33-17-21(14-29-33)25-13-26(32(4)22-8-10-35-11-9-22)31-27(30-25)20-6-5-7-24(12-20)36-18-23(34)15-28-3;1-17-27-15-23(30(17)3)22-13-24(31(4)19-8-10-33-11-9-19)29-25(28-22)18-6-5-7-21(12-18)34-16-20(32)14-26-2/h5-7,12-14,17,19,22-23,28,34H,8-11,15-16,18H2,1-4H3;5-7,12-13,15,19-20,26,32H,8-11,14,16H2,1-4H3. The summed E-state index contributed by atoms with van der Waals surface area (Å²) in [6.07, 6.45) is 8.47. The Morgan fingerprint density at radius 1 is 0.700 bits per heavy atom. The molecule has 4 aromatic heterocycles. The maximum absolute atomic E-state index is 10.0. The number of likely N-dealkylation sites (N-methyl/N-ethyl adjacent to an activating group) is 2. The third kappa shape index (κ3) is 14.1. The predicted molar refractivity (Wildman–Crippen MR) is 273 cm³/mol. The maximum atomic E-state index is 10.0. The molecule has 2 unspecified atom stereocenters. The van der Waals surface area contributed by atoms with Gasteiger partial charge in [0.1, 0.15) is 54.4 Å². The fourth-order valence-electron chi connectivity index (χ4n) is 8.42. The molecule has 0 amide bonds. The van der Waals surface area contributed by atoms with Crippen LogP contribution in [0.5, 0.6) is 11.5 Å². The molecular weight excluding hydrogens is 889 g/mol. The van der Waals surface area contributed by atoms with Gasteiger partial charge in [0.25, 0.3) is 0 Å². The van der Waals surface area contributed by atoms with Crippen LogP contribution in [0.15, 0.2) is 79.3 Å². The number of aryl methyl sites for hydroxylation is 1. The van der Waals surface area contributed by atoms with E-state index >= 15 is 0 Å². The van der Waals surface area contributed by atoms with Gasteiger partial charge in [0.15, 0.2) is 11.6 Å². The Hall–Kier alpha value is -6.02. The highest BCUT2D eigenvalue weighted by Crippen LogP contribution is 2.32. The van der Waals surface area contributed by atoms with Crippen LogP contribution in [0.3, 0.4) is 0 Å². The second-order valence-electron chi connectivity index (χ2n) is 18.5. The van der Waals surface area contributed by atoms with E-state index in [4.69, 9.17) is 38.9 Å². The second kappa shape index (κ2) is 25.2. The van der Waals surface area contributed by atoms with E-state index in [0.717, 1.165) is 110 Å². The van der Waals surface area contributed by atoms with Crippen LogP contribution in [0.1, 0.15) is 45.4 Å². The van der Waals surface area contributed by atoms with Gasteiger partial charge in [-0.25, -0.2) is 24.9 Å². The SMILES string of the molecule is CNCC(O)COc1cccc(-c2nc(-c3cnc(C)n3C)cc(N(C)C3CCOCC3)n2)c1.CNCC(O)COc1cccc(-c2nc(-c3cnn(CC(C)C)c3)cc(N(C)C3CCOCC3)n2)c1. The first-order valence-corrected chi connectivity index (χ1v) is 24.4. The number of nitrogens with one attached hydrogen (secondary N) is 2. The highest BCUT2D eigenvalue weighted by atomic mass is 16.5. The lowest BCUT2D eigenvalue weighted by molar-refractivity contribution is 0.0852. The number of benzene rings is 2. The monoisotopic (exact) mass is 961 g/mol. The maximum Gasteiger partial charge on any atom is 0.162 e. The van der Waals surface area contributed by atoms with E-state index in [9.17, 15) is 10.2 Å². The predicted octanol–water partition coefficient (Wildman–Crippen LogP) is 5.66. The lowest BCUT2D eigenvalue weighted by Gasteiger charge is -2.32. The van der Waals surface area contributed by atoms with Gasteiger partial charge < -0.3 is 54.2 Å². The second-order valence-corrected chi connectivity index (χ2v) is 18.5. The molecule has 18 nitrogen and oxygen atoms in total. The Morgan fingerprint density at radius 2 is 1.20 bits per heavy atom. The molecule has 2 aliphatic rings. The number of aliphatic hydroxyl groups excluding tert-OH is 2. The first-order valence-electron chi connectivity index (χ1n) is 24.4. The molecule has 2 saturated heterocycles. The van der Waals surface area contributed by atoms with Crippen molar-refractivity contribution in [3.63, 3.8) is 0 Å². The third-order valence-corrected chi connectivity index (χ3v) is 12.5. The normalized spacial score (nSPS) is 15.3. The summed E-state index contributed by atoms with van der Waals surface area (Å²) >= 11 is 0. The van der Waals surface area contributed by atoms with E-state index in [0.29, 0.717) is 54.2 Å². The Bertz CT molecular complexity index is 2560. The fourth-order valence-corrected chi connectivity index (χ4v) is 8.42. The lowest BCUT2D eigenvalue weighted by Crippen LogP contribution is -2.37. The number of imidazole rings is 1. The molecule has 2 atom stereocenters. The Kier molecular flexibility index (Phi) is 18.7. The van der Waals surface area contributed by atoms with E-state index < -0.39 is 12.2 Å². The van der Waals surface area contributed by atoms with Crippen LogP contribution in [0.4, 0.5) is 11.6 Å². The molecule has 18 heteroatoms. The molecule has 0 saturated carbocycles. The molecular formula is C52H72N12O6. The molecule has 0 bridgehead atoms. The minimum absolute atomic E-state index is 0.206. The molecule has 8 rings (SSSR count). The molecule has 2 fully saturated rings. The molecule has 2 aromatic carbocycles. The number of anilines is 2. The van der Waals surface area contributed by atoms with Crippen molar-refractivity contribution in [2.24, 2.45) is 13.0 Å². The van der Waals surface area contributed by atoms with Crippen LogP contribution in [-0.4, -0.2) is 155 Å². The van der Waals surface area contributed by atoms with Crippen LogP contribution >= 0.6 is 0 Å². The molecule has 70 heavy (non-hydrogen) atoms. The van der Waals surface area contributed by atoms with Crippen LogP contribution in [-0.2, 0) is 23.1 Å². The van der Waals surface area contributed by atoms with Crippen LogP contribution in [0.25, 0.3) is 45.4 Å². The highest BCUT2D eigenvalue weighted by molar-refractivity contribution is 5.69. The van der Waals surface area contributed by atoms with Crippen molar-refractivity contribution >= 4 is 11.6 Å². The molecule has 0 spiro atoms. The van der Waals surface area contributed by atoms with Gasteiger partial charge in [0, 0.05) is 114 Å². The third-order valence-electron chi connectivity index (χ3n) is 12.5. The van der Waals surface area contributed by atoms with Crippen molar-refractivity contribution in [1.82, 2.24) is 49.9 Å². The van der Waals surface area contributed by atoms with E-state index in [2.05, 4.69) is 58.5 Å². The smallest absolute Gasteiger partial charge is 0.162 e. The van der Waals surface area contributed by atoms with Crippen LogP contribution < -0.4 is 29.9 Å². The van der Waals surface area contributed by atoms with Gasteiger partial charge in [-0.2, -0.15) is 5.10 Å². The minimum Gasteiger partial charge on any atom is -0.491 e. The number of nitrogens with zero attached hydrogens (tertiary/aromatic N) is 10. The van der Waals surface area contributed by atoms with E-state index in [1.807, 2.05) is 102 Å². The minimum atomic E-state index is -0.583. The zero-order valence-electron chi connectivity index (χ0n) is 42.1. The lowest BCUT2D eigenvalue weighted by atomic mass is 10.1. The number of aliphatic hydroxyl groups is 2. The summed E-state index contributed by atoms with van der Waals surface area (Å²) in [6, 6.07) is 20.2. The molecule has 0 aliphatic carbocycles. The van der Waals surface area contributed by atoms with Crippen molar-refractivity contribution in [3.05, 3.63) is 85.1 Å². The topological polar surface area (TPSA) is 195 Å². The Balaban J connectivity index is 0.000000207. The van der Waals surface area contributed by atoms with Crippen molar-refractivity contribution in [3.8, 4) is 56.9 Å². The Morgan fingerprint density at radius 3 is 1.67 bits per heavy atom. The van der Waals surface area contributed by atoms with Gasteiger partial charge in [0.2, 0.25) is 0 Å². The number of hydrogen-bond donors (Lipinski definition) is 4. The largest absolute Gasteiger partial charge is 0.491 e. The first-order chi connectivity index (χ1) is 33.9. The van der Waals surface area contributed by atoms with Crippen molar-refractivity contribution < 1.29 is 29.2 Å². The number of ether oxygens (including phenoxy) is 4. The highest BCUT2D eigenvalue weighted by Gasteiger charge is 2.24. The van der Waals surface area contributed by atoms with Crippen molar-refractivity contribution in [2.45, 2.75) is 77.3 Å². The summed E-state index contributed by atoms with van der Waals surface area (Å²) < 4.78 is 26.8. The van der Waals surface area contributed by atoms with Gasteiger partial charge in [-0.05, 0) is 76.9 Å². The number of aromatic nitrogens is 8. The summed E-state index contributed by atoms with van der Waals surface area (Å²) in [7, 11) is 9.77. The first kappa shape index (κ1) is 51.8. The zero-order chi connectivity index (χ0) is 49.6. The quantitative estimate of drug-likeness (QED) is 0.0731. The van der Waals surface area contributed by atoms with Gasteiger partial charge in [-0.1, -0.05) is 38.1 Å². The zero-order valence-corrected chi connectivity index (χ0v) is 42.1.